The minimum absolute atomic E-state index is 0.00213. The molecule has 1 amide bonds. The second-order valence-electron chi connectivity index (χ2n) is 9.64. The molecule has 1 aliphatic rings. The fraction of sp³-hybridized carbons (Fsp3) is 0.692. The van der Waals surface area contributed by atoms with Crippen LogP contribution in [0.2, 0.25) is 0 Å². The van der Waals surface area contributed by atoms with E-state index in [0.717, 1.165) is 19.3 Å². The number of carbonyl (C=O) groups excluding carboxylic acids is 2. The van der Waals surface area contributed by atoms with Gasteiger partial charge in [0.05, 0.1) is 31.7 Å². The summed E-state index contributed by atoms with van der Waals surface area (Å²) in [6, 6.07) is 10.1. The van der Waals surface area contributed by atoms with Crippen LogP contribution >= 0.6 is 0 Å². The van der Waals surface area contributed by atoms with Gasteiger partial charge in [0.15, 0.2) is 0 Å². The van der Waals surface area contributed by atoms with Crippen LogP contribution in [0.25, 0.3) is 0 Å². The Morgan fingerprint density at radius 3 is 2.52 bits per heavy atom. The number of unbranched alkanes of at least 4 members (excludes halogenated alkanes) is 1. The van der Waals surface area contributed by atoms with Crippen molar-refractivity contribution >= 4 is 12.1 Å². The number of likely N-dealkylation sites (tertiary alicyclic amines) is 1. The highest BCUT2D eigenvalue weighted by Crippen LogP contribution is 2.25. The molecule has 2 atom stereocenters. The number of esters is 1. The second-order valence-corrected chi connectivity index (χ2v) is 9.64. The van der Waals surface area contributed by atoms with Crippen molar-refractivity contribution in [1.29, 1.82) is 0 Å². The molecule has 0 bridgehead atoms. The lowest BCUT2D eigenvalue weighted by molar-refractivity contribution is -0.143. The Morgan fingerprint density at radius 1 is 1.15 bits per heavy atom. The van der Waals surface area contributed by atoms with Gasteiger partial charge in [-0.1, -0.05) is 43.7 Å². The fourth-order valence-electron chi connectivity index (χ4n) is 3.96. The molecule has 0 aliphatic carbocycles. The predicted octanol–water partition coefficient (Wildman–Crippen LogP) is 4.64. The molecule has 33 heavy (non-hydrogen) atoms. The van der Waals surface area contributed by atoms with Gasteiger partial charge in [0, 0.05) is 26.2 Å². The van der Waals surface area contributed by atoms with E-state index in [-0.39, 0.29) is 24.2 Å². The highest BCUT2D eigenvalue weighted by molar-refractivity contribution is 5.70. The Morgan fingerprint density at radius 2 is 1.88 bits per heavy atom. The Kier molecular flexibility index (Phi) is 11.1. The maximum absolute atomic E-state index is 13.0. The van der Waals surface area contributed by atoms with Crippen molar-refractivity contribution in [3.63, 3.8) is 0 Å². The fourth-order valence-corrected chi connectivity index (χ4v) is 3.96. The zero-order chi connectivity index (χ0) is 24.3. The van der Waals surface area contributed by atoms with Crippen molar-refractivity contribution in [3.8, 4) is 0 Å². The monoisotopic (exact) mass is 462 g/mol. The standard InChI is InChI=1S/C26H42N2O5/c1-6-8-16-32-23-17-22(28(20-23)25(30)33-26(3,4)5)19-27(15-14-24(29)31-7-2)18-21-12-10-9-11-13-21/h9-13,22-23H,6-8,14-20H2,1-5H3/t22?,23-/m1/s1. The van der Waals surface area contributed by atoms with Gasteiger partial charge < -0.3 is 19.1 Å². The molecule has 7 heteroatoms. The van der Waals surface area contributed by atoms with E-state index in [0.29, 0.717) is 45.8 Å². The molecular weight excluding hydrogens is 420 g/mol. The molecular formula is C26H42N2O5. The van der Waals surface area contributed by atoms with Crippen LogP contribution in [0.15, 0.2) is 30.3 Å². The number of carbonyl (C=O) groups is 2. The molecule has 1 aromatic carbocycles. The number of rotatable bonds is 12. The van der Waals surface area contributed by atoms with Crippen molar-refractivity contribution in [1.82, 2.24) is 9.80 Å². The lowest BCUT2D eigenvalue weighted by atomic mass is 10.1. The van der Waals surface area contributed by atoms with Gasteiger partial charge in [-0.2, -0.15) is 0 Å². The Labute approximate surface area is 199 Å². The molecule has 1 aromatic rings. The van der Waals surface area contributed by atoms with Gasteiger partial charge in [-0.05, 0) is 46.1 Å². The van der Waals surface area contributed by atoms with Gasteiger partial charge in [0.2, 0.25) is 0 Å². The summed E-state index contributed by atoms with van der Waals surface area (Å²) in [5.74, 6) is -0.202. The van der Waals surface area contributed by atoms with Gasteiger partial charge in [0.1, 0.15) is 5.60 Å². The van der Waals surface area contributed by atoms with Gasteiger partial charge in [0.25, 0.3) is 0 Å². The number of amides is 1. The summed E-state index contributed by atoms with van der Waals surface area (Å²) in [5, 5.41) is 0. The third kappa shape index (κ3) is 10.1. The molecule has 0 saturated carbocycles. The smallest absolute Gasteiger partial charge is 0.410 e. The van der Waals surface area contributed by atoms with Crippen molar-refractivity contribution in [2.75, 3.05) is 32.8 Å². The molecule has 0 radical (unpaired) electrons. The molecule has 1 aliphatic heterocycles. The molecule has 7 nitrogen and oxygen atoms in total. The van der Waals surface area contributed by atoms with Crippen molar-refractivity contribution in [2.45, 2.75) is 84.6 Å². The number of benzene rings is 1. The normalized spacial score (nSPS) is 18.5. The minimum atomic E-state index is -0.559. The molecule has 0 N–H and O–H groups in total. The van der Waals surface area contributed by atoms with Crippen LogP contribution in [-0.4, -0.2) is 72.5 Å². The summed E-state index contributed by atoms with van der Waals surface area (Å²) < 4.78 is 16.9. The van der Waals surface area contributed by atoms with Crippen molar-refractivity contribution < 1.29 is 23.8 Å². The molecule has 1 heterocycles. The lowest BCUT2D eigenvalue weighted by Crippen LogP contribution is -2.45. The third-order valence-electron chi connectivity index (χ3n) is 5.51. The van der Waals surface area contributed by atoms with Crippen LogP contribution in [0.3, 0.4) is 0 Å². The van der Waals surface area contributed by atoms with E-state index in [1.807, 2.05) is 50.8 Å². The van der Waals surface area contributed by atoms with Crippen LogP contribution < -0.4 is 0 Å². The maximum Gasteiger partial charge on any atom is 0.410 e. The first-order valence-electron chi connectivity index (χ1n) is 12.2. The first kappa shape index (κ1) is 27.1. The number of ether oxygens (including phenoxy) is 3. The molecule has 1 unspecified atom stereocenters. The zero-order valence-electron chi connectivity index (χ0n) is 21.0. The maximum atomic E-state index is 13.0. The van der Waals surface area contributed by atoms with Gasteiger partial charge >= 0.3 is 12.1 Å². The average molecular weight is 463 g/mol. The Bertz CT molecular complexity index is 719. The third-order valence-corrected chi connectivity index (χ3v) is 5.51. The number of hydrogen-bond acceptors (Lipinski definition) is 6. The largest absolute Gasteiger partial charge is 0.466 e. The van der Waals surface area contributed by atoms with Crippen LogP contribution in [0, 0.1) is 0 Å². The van der Waals surface area contributed by atoms with E-state index in [1.54, 1.807) is 0 Å². The van der Waals surface area contributed by atoms with E-state index in [4.69, 9.17) is 14.2 Å². The van der Waals surface area contributed by atoms with Crippen molar-refractivity contribution in [3.05, 3.63) is 35.9 Å². The van der Waals surface area contributed by atoms with E-state index < -0.39 is 5.60 Å². The summed E-state index contributed by atoms with van der Waals surface area (Å²) in [4.78, 5) is 29.0. The van der Waals surface area contributed by atoms with Crippen LogP contribution in [0.1, 0.15) is 65.9 Å². The first-order chi connectivity index (χ1) is 15.7. The molecule has 0 aromatic heterocycles. The second kappa shape index (κ2) is 13.6. The van der Waals surface area contributed by atoms with Crippen LogP contribution in [0.4, 0.5) is 4.79 Å². The van der Waals surface area contributed by atoms with E-state index in [9.17, 15) is 9.59 Å². The topological polar surface area (TPSA) is 68.3 Å². The van der Waals surface area contributed by atoms with E-state index in [2.05, 4.69) is 24.0 Å². The lowest BCUT2D eigenvalue weighted by Gasteiger charge is -2.32. The summed E-state index contributed by atoms with van der Waals surface area (Å²) in [6.45, 7) is 13.1. The average Bonchev–Trinajstić information content (AvgIpc) is 3.15. The predicted molar refractivity (Wildman–Crippen MR) is 129 cm³/mol. The molecule has 1 saturated heterocycles. The van der Waals surface area contributed by atoms with Crippen molar-refractivity contribution in [2.24, 2.45) is 0 Å². The first-order valence-corrected chi connectivity index (χ1v) is 12.2. The molecule has 1 fully saturated rings. The SMILES string of the molecule is CCCCO[C@@H]1CC(CN(CCC(=O)OCC)Cc2ccccc2)N(C(=O)OC(C)(C)C)C1. The quantitative estimate of drug-likeness (QED) is 0.333. The highest BCUT2D eigenvalue weighted by atomic mass is 16.6. The molecule has 2 rings (SSSR count). The zero-order valence-corrected chi connectivity index (χ0v) is 21.0. The Balaban J connectivity index is 2.12. The highest BCUT2D eigenvalue weighted by Gasteiger charge is 2.38. The summed E-state index contributed by atoms with van der Waals surface area (Å²) >= 11 is 0. The summed E-state index contributed by atoms with van der Waals surface area (Å²) in [6.07, 6.45) is 2.85. The minimum Gasteiger partial charge on any atom is -0.466 e. The number of hydrogen-bond donors (Lipinski definition) is 0. The number of nitrogens with zero attached hydrogens (tertiary/aromatic N) is 2. The Hall–Kier alpha value is -2.12. The van der Waals surface area contributed by atoms with E-state index in [1.165, 1.54) is 5.56 Å². The molecule has 186 valence electrons. The van der Waals surface area contributed by atoms with Gasteiger partial charge in [-0.25, -0.2) is 4.79 Å². The summed E-state index contributed by atoms with van der Waals surface area (Å²) in [7, 11) is 0. The van der Waals surface area contributed by atoms with Gasteiger partial charge in [-0.15, -0.1) is 0 Å². The van der Waals surface area contributed by atoms with Crippen LogP contribution in [0.5, 0.6) is 0 Å². The van der Waals surface area contributed by atoms with Crippen LogP contribution in [-0.2, 0) is 25.5 Å². The van der Waals surface area contributed by atoms with E-state index >= 15 is 0 Å². The summed E-state index contributed by atoms with van der Waals surface area (Å²) in [5.41, 5.74) is 0.607. The van der Waals surface area contributed by atoms with Gasteiger partial charge in [-0.3, -0.25) is 9.69 Å². The molecule has 0 spiro atoms.